The number of aliphatic hydroxyl groups is 3. The quantitative estimate of drug-likeness (QED) is 0.317. The molecule has 1 aromatic rings. The number of carbonyl (C=O) groups is 2. The number of piperidine rings is 1. The van der Waals surface area contributed by atoms with Crippen LogP contribution >= 0.6 is 0 Å². The van der Waals surface area contributed by atoms with Gasteiger partial charge in [0.05, 0.1) is 48.3 Å². The van der Waals surface area contributed by atoms with E-state index < -0.39 is 58.3 Å². The highest BCUT2D eigenvalue weighted by Gasteiger charge is 2.91. The third-order valence-electron chi connectivity index (χ3n) is 13.0. The summed E-state index contributed by atoms with van der Waals surface area (Å²) in [6.07, 6.45) is -0.0977. The second-order valence-corrected chi connectivity index (χ2v) is 14.3. The van der Waals surface area contributed by atoms with E-state index in [4.69, 9.17) is 18.9 Å². The van der Waals surface area contributed by atoms with Crippen molar-refractivity contribution in [1.29, 1.82) is 0 Å². The molecule has 4 N–H and O–H groups in total. The maximum Gasteiger partial charge on any atom is 0.340 e. The van der Waals surface area contributed by atoms with Crippen LogP contribution in [0.2, 0.25) is 0 Å². The molecule has 6 aliphatic rings. The van der Waals surface area contributed by atoms with Crippen LogP contribution in [-0.2, 0) is 23.7 Å². The molecule has 1 aromatic carbocycles. The highest BCUT2D eigenvalue weighted by molar-refractivity contribution is 6.00. The summed E-state index contributed by atoms with van der Waals surface area (Å²) in [4.78, 5) is 27.7. The van der Waals surface area contributed by atoms with Gasteiger partial charge in [-0.05, 0) is 43.9 Å². The van der Waals surface area contributed by atoms with Gasteiger partial charge in [-0.2, -0.15) is 0 Å². The van der Waals surface area contributed by atoms with Crippen molar-refractivity contribution in [2.45, 2.75) is 81.2 Å². The number of benzene rings is 1. The van der Waals surface area contributed by atoms with Crippen LogP contribution < -0.4 is 5.32 Å². The zero-order valence-electron chi connectivity index (χ0n) is 26.2. The molecule has 5 aliphatic carbocycles. The van der Waals surface area contributed by atoms with Gasteiger partial charge in [-0.1, -0.05) is 19.1 Å². The number of hydrogen-bond acceptors (Lipinski definition) is 10. The first kappa shape index (κ1) is 30.5. The lowest BCUT2D eigenvalue weighted by Gasteiger charge is -2.70. The van der Waals surface area contributed by atoms with Crippen molar-refractivity contribution in [3.05, 3.63) is 29.8 Å². The lowest BCUT2D eigenvalue weighted by Crippen LogP contribution is -2.82. The Morgan fingerprint density at radius 1 is 1.11 bits per heavy atom. The molecule has 5 saturated carbocycles. The van der Waals surface area contributed by atoms with Gasteiger partial charge in [0.2, 0.25) is 5.91 Å². The Kier molecular flexibility index (Phi) is 7.07. The van der Waals surface area contributed by atoms with Crippen molar-refractivity contribution in [2.24, 2.45) is 34.5 Å². The second-order valence-electron chi connectivity index (χ2n) is 14.3. The molecule has 1 saturated heterocycles. The fourth-order valence-electron chi connectivity index (χ4n) is 12.0. The number of anilines is 1. The van der Waals surface area contributed by atoms with E-state index in [0.29, 0.717) is 38.0 Å². The van der Waals surface area contributed by atoms with E-state index in [1.54, 1.807) is 45.6 Å². The molecular formula is C33H46N2O9. The van der Waals surface area contributed by atoms with Crippen molar-refractivity contribution in [3.63, 3.8) is 0 Å². The van der Waals surface area contributed by atoms with Crippen LogP contribution in [-0.4, -0.2) is 115 Å². The minimum absolute atomic E-state index is 0.0742. The van der Waals surface area contributed by atoms with Gasteiger partial charge in [0.1, 0.15) is 11.2 Å². The Balaban J connectivity index is 1.36. The number of carbonyl (C=O) groups excluding carboxylic acids is 2. The zero-order valence-corrected chi connectivity index (χ0v) is 26.2. The first-order valence-electron chi connectivity index (χ1n) is 16.0. The monoisotopic (exact) mass is 614 g/mol. The Bertz CT molecular complexity index is 1340. The van der Waals surface area contributed by atoms with Crippen LogP contribution in [0.25, 0.3) is 0 Å². The van der Waals surface area contributed by atoms with E-state index in [-0.39, 0.29) is 48.4 Å². The summed E-state index contributed by atoms with van der Waals surface area (Å²) in [5.74, 6) is -2.05. The summed E-state index contributed by atoms with van der Waals surface area (Å²) in [6, 6.07) is 6.30. The molecule has 1 amide bonds. The molecule has 7 rings (SSSR count). The van der Waals surface area contributed by atoms with Gasteiger partial charge in [-0.15, -0.1) is 0 Å². The van der Waals surface area contributed by atoms with Crippen LogP contribution in [0.3, 0.4) is 0 Å². The van der Waals surface area contributed by atoms with Crippen LogP contribution in [0.5, 0.6) is 0 Å². The predicted molar refractivity (Wildman–Crippen MR) is 158 cm³/mol. The number of esters is 1. The number of nitrogens with zero attached hydrogens (tertiary/aromatic N) is 1. The topological polar surface area (TPSA) is 147 Å². The molecule has 6 fully saturated rings. The third-order valence-corrected chi connectivity index (χ3v) is 13.0. The number of ether oxygens (including phenoxy) is 4. The highest BCUT2D eigenvalue weighted by atomic mass is 16.5. The Morgan fingerprint density at radius 2 is 1.86 bits per heavy atom. The summed E-state index contributed by atoms with van der Waals surface area (Å²) in [6.45, 7) is 4.67. The molecule has 7 bridgehead atoms. The molecule has 13 atom stereocenters. The van der Waals surface area contributed by atoms with Gasteiger partial charge in [0, 0.05) is 69.8 Å². The molecule has 1 spiro atoms. The number of amides is 1. The lowest BCUT2D eigenvalue weighted by atomic mass is 9.42. The Morgan fingerprint density at radius 3 is 2.52 bits per heavy atom. The number of hydrogen-bond donors (Lipinski definition) is 4. The minimum Gasteiger partial charge on any atom is -0.461 e. The molecule has 11 heteroatoms. The van der Waals surface area contributed by atoms with Gasteiger partial charge in [-0.25, -0.2) is 4.79 Å². The van der Waals surface area contributed by atoms with Crippen molar-refractivity contribution in [2.75, 3.05) is 46.3 Å². The SMILES string of the molecule is CCN1C[C@]2(COC(=O)c3ccccc3NC(C)=O)CC[C@H](OC)[C@@]34[C@@H]5C[C@H]6[C@H](O)[C@@H]5[C@](O)(C[C@@H]6OC)[C@@](O)([C@@H](OC)[C@H]23)[C@@H]14. The van der Waals surface area contributed by atoms with Crippen LogP contribution in [0.1, 0.15) is 49.9 Å². The number of aliphatic hydroxyl groups excluding tert-OH is 1. The van der Waals surface area contributed by atoms with Gasteiger partial charge in [0.25, 0.3) is 0 Å². The van der Waals surface area contributed by atoms with E-state index in [1.807, 2.05) is 0 Å². The molecule has 242 valence electrons. The van der Waals surface area contributed by atoms with Crippen LogP contribution in [0.15, 0.2) is 24.3 Å². The van der Waals surface area contributed by atoms with E-state index in [9.17, 15) is 24.9 Å². The number of fused-ring (bicyclic) bond motifs is 2. The Hall–Kier alpha value is -2.12. The van der Waals surface area contributed by atoms with Crippen LogP contribution in [0, 0.1) is 34.5 Å². The smallest absolute Gasteiger partial charge is 0.340 e. The first-order valence-corrected chi connectivity index (χ1v) is 16.0. The fraction of sp³-hybridized carbons (Fsp3) is 0.758. The molecule has 1 heterocycles. The van der Waals surface area contributed by atoms with Gasteiger partial charge >= 0.3 is 5.97 Å². The van der Waals surface area contributed by atoms with Gasteiger partial charge in [0.15, 0.2) is 0 Å². The van der Waals surface area contributed by atoms with Crippen molar-refractivity contribution < 1.29 is 43.9 Å². The van der Waals surface area contributed by atoms with E-state index >= 15 is 0 Å². The average molecular weight is 615 g/mol. The first-order chi connectivity index (χ1) is 21.0. The molecular weight excluding hydrogens is 568 g/mol. The zero-order chi connectivity index (χ0) is 31.4. The molecule has 0 unspecified atom stereocenters. The molecule has 0 aromatic heterocycles. The number of rotatable bonds is 8. The predicted octanol–water partition coefficient (Wildman–Crippen LogP) is 1.44. The standard InChI is InChI=1S/C33H46N2O9/c1-6-35-15-30(16-44-28(38)18-9-7-8-10-21(18)34-17(2)36)12-11-23(42-4)32-20-13-19-22(41-3)14-31(39,24(20)25(19)37)33(40,29(32)35)27(43-5)26(30)32/h7-10,19-20,22-27,29,37,39-40H,6,11-16H2,1-5H3,(H,34,36)/t19-,20-,22+,23+,24-,25+,26-,27+,29+,30+,31-,32+,33-/m1/s1. The number of nitrogens with one attached hydrogen (secondary N) is 1. The Labute approximate surface area is 258 Å². The summed E-state index contributed by atoms with van der Waals surface area (Å²) in [5, 5.41) is 40.6. The van der Waals surface area contributed by atoms with Crippen molar-refractivity contribution in [3.8, 4) is 0 Å². The maximum absolute atomic E-state index is 13.6. The van der Waals surface area contributed by atoms with Crippen molar-refractivity contribution in [1.82, 2.24) is 4.90 Å². The molecule has 11 nitrogen and oxygen atoms in total. The fourth-order valence-corrected chi connectivity index (χ4v) is 12.0. The average Bonchev–Trinajstić information content (AvgIpc) is 3.37. The third kappa shape index (κ3) is 3.47. The molecule has 1 aliphatic heterocycles. The van der Waals surface area contributed by atoms with Gasteiger partial charge in [-0.3, -0.25) is 9.69 Å². The van der Waals surface area contributed by atoms with E-state index in [1.165, 1.54) is 6.92 Å². The lowest BCUT2D eigenvalue weighted by molar-refractivity contribution is -0.318. The largest absolute Gasteiger partial charge is 0.461 e. The number of methoxy groups -OCH3 is 3. The summed E-state index contributed by atoms with van der Waals surface area (Å²) < 4.78 is 24.7. The van der Waals surface area contributed by atoms with Crippen LogP contribution in [0.4, 0.5) is 5.69 Å². The number of likely N-dealkylation sites (N-methyl/N-ethyl adjacent to an activating group) is 1. The number of likely N-dealkylation sites (tertiary alicyclic amines) is 1. The van der Waals surface area contributed by atoms with Gasteiger partial charge < -0.3 is 39.6 Å². The second kappa shape index (κ2) is 10.2. The number of para-hydroxylation sites is 1. The summed E-state index contributed by atoms with van der Waals surface area (Å²) in [5.41, 5.74) is -4.04. The molecule has 0 radical (unpaired) electrons. The van der Waals surface area contributed by atoms with Crippen molar-refractivity contribution >= 4 is 17.6 Å². The minimum atomic E-state index is -1.73. The normalized spacial score (nSPS) is 48.2. The summed E-state index contributed by atoms with van der Waals surface area (Å²) in [7, 11) is 4.91. The van der Waals surface area contributed by atoms with E-state index in [0.717, 1.165) is 0 Å². The molecule has 44 heavy (non-hydrogen) atoms. The maximum atomic E-state index is 13.6. The van der Waals surface area contributed by atoms with E-state index in [2.05, 4.69) is 17.1 Å². The highest BCUT2D eigenvalue weighted by Crippen LogP contribution is 2.80. The summed E-state index contributed by atoms with van der Waals surface area (Å²) >= 11 is 0.